The molecule has 2 rings (SSSR count). The molecular weight excluding hydrogens is 480 g/mol. The standard InChI is InChI=1S/C26H38N2.Ce/c1-16(2)21-12-10-13-22(17(3)4)25(21)27-20(9)28-26-23(18(5)6)14-11-15-24(26)19(7)8;/h10-20H,1-9H3;/q-2;. The van der Waals surface area contributed by atoms with E-state index in [-0.39, 0.29) is 47.9 Å². The summed E-state index contributed by atoms with van der Waals surface area (Å²) < 4.78 is 0. The van der Waals surface area contributed by atoms with Crippen LogP contribution in [0.25, 0.3) is 10.6 Å². The Balaban J connectivity index is 0.00000420. The van der Waals surface area contributed by atoms with Gasteiger partial charge in [-0.15, -0.1) is 11.4 Å². The summed E-state index contributed by atoms with van der Waals surface area (Å²) in [5.74, 6) is 1.77. The number of nitrogens with zero attached hydrogens (tertiary/aromatic N) is 2. The summed E-state index contributed by atoms with van der Waals surface area (Å²) in [6.45, 7) is 20.0. The van der Waals surface area contributed by atoms with E-state index in [0.717, 1.165) is 11.4 Å². The summed E-state index contributed by atoms with van der Waals surface area (Å²) >= 11 is 0. The zero-order valence-electron chi connectivity index (χ0n) is 19.7. The Hall–Kier alpha value is -0.583. The van der Waals surface area contributed by atoms with Gasteiger partial charge in [0, 0.05) is 41.7 Å². The molecule has 0 atom stereocenters. The quantitative estimate of drug-likeness (QED) is 0.333. The summed E-state index contributed by atoms with van der Waals surface area (Å²) in [7, 11) is 0. The Morgan fingerprint density at radius 3 is 0.931 bits per heavy atom. The first-order valence-electron chi connectivity index (χ1n) is 10.8. The summed E-state index contributed by atoms with van der Waals surface area (Å²) in [6.07, 6.45) is -0.116. The summed E-state index contributed by atoms with van der Waals surface area (Å²) in [5.41, 5.74) is 7.53. The monoisotopic (exact) mass is 518 g/mol. The Kier molecular flexibility index (Phi) is 10.7. The van der Waals surface area contributed by atoms with Crippen LogP contribution in [0.2, 0.25) is 0 Å². The average Bonchev–Trinajstić information content (AvgIpc) is 2.61. The normalized spacial score (nSPS) is 11.5. The van der Waals surface area contributed by atoms with Crippen LogP contribution in [0.5, 0.6) is 0 Å². The van der Waals surface area contributed by atoms with Crippen LogP contribution in [-0.2, 0) is 0 Å². The maximum absolute atomic E-state index is 5.13. The largest absolute Gasteiger partial charge is 0.696 e. The van der Waals surface area contributed by atoms with Gasteiger partial charge in [0.05, 0.1) is 0 Å². The van der Waals surface area contributed by atoms with E-state index in [0.29, 0.717) is 23.7 Å². The number of rotatable bonds is 8. The van der Waals surface area contributed by atoms with Crippen LogP contribution in [0.1, 0.15) is 108 Å². The minimum absolute atomic E-state index is 0. The first-order valence-corrected chi connectivity index (χ1v) is 10.8. The minimum atomic E-state index is -0.116. The first kappa shape index (κ1) is 26.5. The molecule has 0 radical (unpaired) electrons. The SMILES string of the molecule is CC([N-]c1c(C(C)C)cccc1C(C)C)[N-]c1c(C(C)C)cccc1C(C)C.[Ce]. The van der Waals surface area contributed by atoms with Crippen molar-refractivity contribution in [1.82, 2.24) is 0 Å². The van der Waals surface area contributed by atoms with E-state index in [9.17, 15) is 0 Å². The number of para-hydroxylation sites is 2. The fraction of sp³-hybridized carbons (Fsp3) is 0.538. The van der Waals surface area contributed by atoms with Crippen molar-refractivity contribution in [2.75, 3.05) is 0 Å². The molecule has 0 saturated heterocycles. The van der Waals surface area contributed by atoms with Crippen LogP contribution in [-0.4, -0.2) is 6.17 Å². The second-order valence-corrected chi connectivity index (χ2v) is 9.08. The fourth-order valence-electron chi connectivity index (χ4n) is 3.72. The van der Waals surface area contributed by atoms with Crippen molar-refractivity contribution < 1.29 is 41.7 Å². The second kappa shape index (κ2) is 11.7. The molecule has 2 nitrogen and oxygen atoms in total. The van der Waals surface area contributed by atoms with Crippen LogP contribution < -0.4 is 0 Å². The van der Waals surface area contributed by atoms with E-state index in [4.69, 9.17) is 10.6 Å². The van der Waals surface area contributed by atoms with Gasteiger partial charge >= 0.3 is 0 Å². The summed E-state index contributed by atoms with van der Waals surface area (Å²) in [6, 6.07) is 13.2. The smallest absolute Gasteiger partial charge is 0 e. The van der Waals surface area contributed by atoms with Gasteiger partial charge in [-0.25, -0.2) is 6.17 Å². The molecule has 0 aromatic heterocycles. The molecule has 0 N–H and O–H groups in total. The second-order valence-electron chi connectivity index (χ2n) is 9.08. The van der Waals surface area contributed by atoms with Gasteiger partial charge in [-0.05, 0) is 23.7 Å². The molecule has 0 aliphatic rings. The summed E-state index contributed by atoms with van der Waals surface area (Å²) in [4.78, 5) is 0. The zero-order valence-corrected chi connectivity index (χ0v) is 22.9. The molecule has 2 aromatic rings. The van der Waals surface area contributed by atoms with Gasteiger partial charge in [-0.2, -0.15) is 0 Å². The Bertz CT molecular complexity index is 660. The van der Waals surface area contributed by atoms with E-state index < -0.39 is 0 Å². The molecule has 0 unspecified atom stereocenters. The molecule has 0 amide bonds. The molecule has 2 aromatic carbocycles. The maximum atomic E-state index is 5.13. The molecule has 0 spiro atoms. The van der Waals surface area contributed by atoms with Gasteiger partial charge in [0.2, 0.25) is 0 Å². The average molecular weight is 519 g/mol. The molecule has 0 aliphatic carbocycles. The topological polar surface area (TPSA) is 28.2 Å². The number of hydrogen-bond acceptors (Lipinski definition) is 0. The molecule has 0 aliphatic heterocycles. The van der Waals surface area contributed by atoms with Crippen LogP contribution in [0, 0.1) is 41.7 Å². The van der Waals surface area contributed by atoms with Crippen molar-refractivity contribution in [3.05, 3.63) is 69.3 Å². The van der Waals surface area contributed by atoms with Crippen molar-refractivity contribution in [2.24, 2.45) is 0 Å². The molecule has 29 heavy (non-hydrogen) atoms. The van der Waals surface area contributed by atoms with Gasteiger partial charge in [0.1, 0.15) is 0 Å². The number of hydrogen-bond donors (Lipinski definition) is 0. The maximum Gasteiger partial charge on any atom is 0 e. The third-order valence-electron chi connectivity index (χ3n) is 5.32. The molecule has 0 bridgehead atoms. The van der Waals surface area contributed by atoms with Crippen molar-refractivity contribution in [3.63, 3.8) is 0 Å². The van der Waals surface area contributed by atoms with E-state index in [2.05, 4.69) is 98.7 Å². The predicted molar refractivity (Wildman–Crippen MR) is 125 cm³/mol. The van der Waals surface area contributed by atoms with Crippen molar-refractivity contribution >= 4 is 11.4 Å². The molecule has 0 heterocycles. The minimum Gasteiger partial charge on any atom is -0.696 e. The van der Waals surface area contributed by atoms with Crippen LogP contribution in [0.4, 0.5) is 11.4 Å². The van der Waals surface area contributed by atoms with E-state index in [1.165, 1.54) is 22.3 Å². The third-order valence-corrected chi connectivity index (χ3v) is 5.32. The number of benzene rings is 2. The first-order chi connectivity index (χ1) is 13.1. The van der Waals surface area contributed by atoms with Gasteiger partial charge in [-0.3, -0.25) is 0 Å². The Labute approximate surface area is 213 Å². The van der Waals surface area contributed by atoms with Gasteiger partial charge in [0.25, 0.3) is 0 Å². The van der Waals surface area contributed by atoms with Gasteiger partial charge in [0.15, 0.2) is 0 Å². The van der Waals surface area contributed by atoms with Crippen LogP contribution in [0.3, 0.4) is 0 Å². The van der Waals surface area contributed by atoms with E-state index in [1.807, 2.05) is 0 Å². The Morgan fingerprint density at radius 1 is 0.483 bits per heavy atom. The Morgan fingerprint density at radius 2 is 0.724 bits per heavy atom. The van der Waals surface area contributed by atoms with Gasteiger partial charge < -0.3 is 10.6 Å². The third kappa shape index (κ3) is 6.70. The molecule has 0 fully saturated rings. The van der Waals surface area contributed by atoms with Crippen molar-refractivity contribution in [3.8, 4) is 0 Å². The van der Waals surface area contributed by atoms with Crippen molar-refractivity contribution in [2.45, 2.75) is 92.2 Å². The van der Waals surface area contributed by atoms with Crippen LogP contribution >= 0.6 is 0 Å². The fourth-order valence-corrected chi connectivity index (χ4v) is 3.72. The molecule has 3 heteroatoms. The predicted octanol–water partition coefficient (Wildman–Crippen LogP) is 9.24. The van der Waals surface area contributed by atoms with E-state index in [1.54, 1.807) is 0 Å². The summed E-state index contributed by atoms with van der Waals surface area (Å²) in [5, 5.41) is 10.3. The van der Waals surface area contributed by atoms with E-state index >= 15 is 0 Å². The van der Waals surface area contributed by atoms with Crippen molar-refractivity contribution in [1.29, 1.82) is 0 Å². The van der Waals surface area contributed by atoms with Gasteiger partial charge in [-0.1, -0.05) is 121 Å². The molecular formula is C26H38CeN2-2. The molecule has 0 saturated carbocycles. The zero-order chi connectivity index (χ0) is 21.0. The van der Waals surface area contributed by atoms with Crippen LogP contribution in [0.15, 0.2) is 36.4 Å². The molecule has 158 valence electrons.